The monoisotopic (exact) mass is 393 g/mol. The van der Waals surface area contributed by atoms with Gasteiger partial charge in [0.2, 0.25) is 11.0 Å². The van der Waals surface area contributed by atoms with Crippen molar-refractivity contribution in [2.24, 2.45) is 5.73 Å². The van der Waals surface area contributed by atoms with Gasteiger partial charge in [-0.15, -0.1) is 10.2 Å². The molecule has 0 saturated heterocycles. The Balaban J connectivity index is 1.59. The Morgan fingerprint density at radius 1 is 1.28 bits per heavy atom. The first-order chi connectivity index (χ1) is 12.0. The Labute approximate surface area is 154 Å². The summed E-state index contributed by atoms with van der Waals surface area (Å²) in [6.45, 7) is 0. The molecule has 0 saturated carbocycles. The molecule has 1 aromatic carbocycles. The summed E-state index contributed by atoms with van der Waals surface area (Å²) in [6, 6.07) is 8.01. The van der Waals surface area contributed by atoms with Crippen molar-refractivity contribution in [1.29, 1.82) is 0 Å². The maximum Gasteiger partial charge on any atom is 0.336 e. The summed E-state index contributed by atoms with van der Waals surface area (Å²) in [6.07, 6.45) is 0. The fraction of sp³-hybridized carbons (Fsp3) is 0.0714. The summed E-state index contributed by atoms with van der Waals surface area (Å²) in [7, 11) is 0. The van der Waals surface area contributed by atoms with E-state index in [1.165, 1.54) is 29.2 Å². The zero-order valence-electron chi connectivity index (χ0n) is 12.5. The zero-order valence-corrected chi connectivity index (χ0v) is 15.0. The number of fused-ring (bicyclic) bond motifs is 1. The number of benzene rings is 1. The minimum absolute atomic E-state index is 0.109. The van der Waals surface area contributed by atoms with Crippen LogP contribution in [0.3, 0.4) is 0 Å². The van der Waals surface area contributed by atoms with Gasteiger partial charge in [0.05, 0.1) is 5.75 Å². The van der Waals surface area contributed by atoms with E-state index >= 15 is 0 Å². The van der Waals surface area contributed by atoms with Crippen molar-refractivity contribution < 1.29 is 9.21 Å². The highest BCUT2D eigenvalue weighted by Crippen LogP contribution is 2.25. The number of rotatable bonds is 5. The molecule has 3 aromatic rings. The molecule has 3 rings (SSSR count). The third-order valence-electron chi connectivity index (χ3n) is 2.87. The van der Waals surface area contributed by atoms with Crippen LogP contribution in [0.5, 0.6) is 0 Å². The molecule has 11 heteroatoms. The number of hydrogen-bond acceptors (Lipinski definition) is 8. The Morgan fingerprint density at radius 2 is 2.12 bits per heavy atom. The third kappa shape index (κ3) is 4.75. The summed E-state index contributed by atoms with van der Waals surface area (Å²) in [5, 5.41) is 14.6. The summed E-state index contributed by atoms with van der Waals surface area (Å²) >= 11 is 7.22. The standard InChI is InChI=1S/C14H11N5O3S3/c15-12(23)17-13-18-19-14(25-13)24-6-10(20)16-8-2-3-9-7(5-8)1-4-11(21)22-9/h1-5H,6H2,(H,16,20)(H3,15,17,18,23). The lowest BCUT2D eigenvalue weighted by Crippen LogP contribution is -2.18. The molecule has 4 N–H and O–H groups in total. The summed E-state index contributed by atoms with van der Waals surface area (Å²) in [5.74, 6) is -0.0235. The van der Waals surface area contributed by atoms with Crippen LogP contribution in [-0.2, 0) is 4.79 Å². The van der Waals surface area contributed by atoms with Gasteiger partial charge in [-0.2, -0.15) is 0 Å². The number of nitrogens with one attached hydrogen (secondary N) is 2. The van der Waals surface area contributed by atoms with Crippen molar-refractivity contribution in [1.82, 2.24) is 10.2 Å². The predicted molar refractivity (Wildman–Crippen MR) is 102 cm³/mol. The minimum atomic E-state index is -0.415. The quantitative estimate of drug-likeness (QED) is 0.339. The van der Waals surface area contributed by atoms with E-state index in [0.717, 1.165) is 5.39 Å². The average Bonchev–Trinajstić information content (AvgIpc) is 3.00. The molecule has 0 aliphatic rings. The first-order valence-electron chi connectivity index (χ1n) is 6.86. The van der Waals surface area contributed by atoms with Crippen LogP contribution in [0, 0.1) is 0 Å². The maximum atomic E-state index is 12.1. The molecule has 2 aromatic heterocycles. The Morgan fingerprint density at radius 3 is 2.92 bits per heavy atom. The highest BCUT2D eigenvalue weighted by Gasteiger charge is 2.09. The van der Waals surface area contributed by atoms with Crippen LogP contribution in [0.15, 0.2) is 43.9 Å². The van der Waals surface area contributed by atoms with Crippen molar-refractivity contribution in [2.45, 2.75) is 4.34 Å². The molecule has 8 nitrogen and oxygen atoms in total. The molecule has 0 aliphatic carbocycles. The predicted octanol–water partition coefficient (Wildman–Crippen LogP) is 2.03. The topological polar surface area (TPSA) is 123 Å². The van der Waals surface area contributed by atoms with E-state index in [4.69, 9.17) is 22.4 Å². The van der Waals surface area contributed by atoms with E-state index in [-0.39, 0.29) is 16.8 Å². The molecule has 0 radical (unpaired) electrons. The number of nitrogens with zero attached hydrogens (tertiary/aromatic N) is 2. The minimum Gasteiger partial charge on any atom is -0.423 e. The summed E-state index contributed by atoms with van der Waals surface area (Å²) < 4.78 is 5.67. The van der Waals surface area contributed by atoms with Crippen molar-refractivity contribution >= 4 is 68.1 Å². The lowest BCUT2D eigenvalue weighted by Gasteiger charge is -2.05. The largest absolute Gasteiger partial charge is 0.423 e. The van der Waals surface area contributed by atoms with Gasteiger partial charge in [-0.25, -0.2) is 4.79 Å². The van der Waals surface area contributed by atoms with Gasteiger partial charge in [0.15, 0.2) is 9.45 Å². The van der Waals surface area contributed by atoms with Crippen LogP contribution in [-0.4, -0.2) is 27.0 Å². The molecule has 0 fully saturated rings. The second kappa shape index (κ2) is 7.59. The smallest absolute Gasteiger partial charge is 0.336 e. The Hall–Kier alpha value is -2.50. The Bertz CT molecular complexity index is 1000. The molecule has 0 bridgehead atoms. The first kappa shape index (κ1) is 17.3. The number of hydrogen-bond donors (Lipinski definition) is 3. The van der Waals surface area contributed by atoms with Gasteiger partial charge in [-0.3, -0.25) is 4.79 Å². The second-order valence-corrected chi connectivity index (χ2v) is 7.35. The second-order valence-electron chi connectivity index (χ2n) is 4.71. The van der Waals surface area contributed by atoms with Gasteiger partial charge in [0.25, 0.3) is 0 Å². The van der Waals surface area contributed by atoms with Crippen LogP contribution in [0.4, 0.5) is 10.8 Å². The lowest BCUT2D eigenvalue weighted by molar-refractivity contribution is -0.113. The molecular weight excluding hydrogens is 382 g/mol. The van der Waals surface area contributed by atoms with Gasteiger partial charge in [-0.05, 0) is 36.5 Å². The van der Waals surface area contributed by atoms with Crippen LogP contribution in [0.25, 0.3) is 11.0 Å². The van der Waals surface area contributed by atoms with Gasteiger partial charge in [0, 0.05) is 17.1 Å². The summed E-state index contributed by atoms with van der Waals surface area (Å²) in [4.78, 5) is 23.2. The Kier molecular flexibility index (Phi) is 5.26. The number of carbonyl (C=O) groups is 1. The number of thioether (sulfide) groups is 1. The molecule has 128 valence electrons. The van der Waals surface area contributed by atoms with Crippen molar-refractivity contribution in [3.05, 3.63) is 40.8 Å². The van der Waals surface area contributed by atoms with Crippen LogP contribution in [0.2, 0.25) is 0 Å². The van der Waals surface area contributed by atoms with Crippen LogP contribution >= 0.6 is 35.3 Å². The highest BCUT2D eigenvalue weighted by molar-refractivity contribution is 8.01. The first-order valence-corrected chi connectivity index (χ1v) is 9.07. The van der Waals surface area contributed by atoms with E-state index in [2.05, 4.69) is 20.8 Å². The average molecular weight is 393 g/mol. The van der Waals surface area contributed by atoms with E-state index in [1.807, 2.05) is 0 Å². The van der Waals surface area contributed by atoms with Crippen molar-refractivity contribution in [2.75, 3.05) is 16.4 Å². The number of thiocarbonyl (C=S) groups is 1. The number of anilines is 2. The zero-order chi connectivity index (χ0) is 17.8. The number of carbonyl (C=O) groups excluding carboxylic acids is 1. The number of aromatic nitrogens is 2. The molecule has 2 heterocycles. The molecule has 0 unspecified atom stereocenters. The summed E-state index contributed by atoms with van der Waals surface area (Å²) in [5.41, 5.74) is 6.01. The van der Waals surface area contributed by atoms with Gasteiger partial charge >= 0.3 is 5.63 Å². The van der Waals surface area contributed by atoms with Gasteiger partial charge < -0.3 is 20.8 Å². The lowest BCUT2D eigenvalue weighted by atomic mass is 10.2. The fourth-order valence-electron chi connectivity index (χ4n) is 1.90. The SMILES string of the molecule is NC(=S)Nc1nnc(SCC(=O)Nc2ccc3oc(=O)ccc3c2)s1. The van der Waals surface area contributed by atoms with E-state index in [0.29, 0.717) is 20.7 Å². The molecule has 0 atom stereocenters. The number of nitrogens with two attached hydrogens (primary N) is 1. The van der Waals surface area contributed by atoms with E-state index < -0.39 is 5.63 Å². The third-order valence-corrected chi connectivity index (χ3v) is 4.94. The van der Waals surface area contributed by atoms with Gasteiger partial charge in [0.1, 0.15) is 5.58 Å². The molecule has 0 spiro atoms. The molecule has 25 heavy (non-hydrogen) atoms. The normalized spacial score (nSPS) is 10.6. The highest BCUT2D eigenvalue weighted by atomic mass is 32.2. The fourth-order valence-corrected chi connectivity index (χ4v) is 3.62. The number of amides is 1. The van der Waals surface area contributed by atoms with Gasteiger partial charge in [-0.1, -0.05) is 23.1 Å². The molecular formula is C14H11N5O3S3. The van der Waals surface area contributed by atoms with Crippen molar-refractivity contribution in [3.8, 4) is 0 Å². The van der Waals surface area contributed by atoms with E-state index in [9.17, 15) is 9.59 Å². The molecule has 0 aliphatic heterocycles. The van der Waals surface area contributed by atoms with Crippen LogP contribution < -0.4 is 22.0 Å². The molecule has 1 amide bonds. The van der Waals surface area contributed by atoms with E-state index in [1.54, 1.807) is 24.3 Å². The maximum absolute atomic E-state index is 12.1. The van der Waals surface area contributed by atoms with Crippen molar-refractivity contribution in [3.63, 3.8) is 0 Å². The van der Waals surface area contributed by atoms with Crippen LogP contribution in [0.1, 0.15) is 0 Å².